The topological polar surface area (TPSA) is 29.0 Å². The lowest BCUT2D eigenvalue weighted by atomic mass is 10.1. The van der Waals surface area contributed by atoms with E-state index in [0.29, 0.717) is 5.28 Å². The third-order valence-corrected chi connectivity index (χ3v) is 3.41. The highest BCUT2D eigenvalue weighted by atomic mass is 35.5. The molecule has 3 rings (SSSR count). The summed E-state index contributed by atoms with van der Waals surface area (Å²) in [6.45, 7) is 2.90. The van der Waals surface area contributed by atoms with Crippen LogP contribution in [0.2, 0.25) is 5.28 Å². The van der Waals surface area contributed by atoms with E-state index in [4.69, 9.17) is 11.6 Å². The molecule has 2 aromatic rings. The van der Waals surface area contributed by atoms with Gasteiger partial charge >= 0.3 is 0 Å². The van der Waals surface area contributed by atoms with E-state index in [9.17, 15) is 0 Å². The largest absolute Gasteiger partial charge is 0.294 e. The lowest BCUT2D eigenvalue weighted by Gasteiger charge is -2.27. The number of fused-ring (bicyclic) bond motifs is 1. The van der Waals surface area contributed by atoms with Crippen LogP contribution in [0.15, 0.2) is 36.5 Å². The van der Waals surface area contributed by atoms with E-state index >= 15 is 0 Å². The molecule has 4 heteroatoms. The number of benzene rings is 1. The Morgan fingerprint density at radius 3 is 2.89 bits per heavy atom. The van der Waals surface area contributed by atoms with Crippen LogP contribution < -0.4 is 0 Å². The van der Waals surface area contributed by atoms with E-state index in [-0.39, 0.29) is 0 Å². The molecule has 1 aromatic carbocycles. The van der Waals surface area contributed by atoms with Gasteiger partial charge < -0.3 is 0 Å². The maximum absolute atomic E-state index is 5.81. The van der Waals surface area contributed by atoms with Crippen molar-refractivity contribution in [2.45, 2.75) is 19.5 Å². The van der Waals surface area contributed by atoms with Gasteiger partial charge in [0.2, 0.25) is 5.28 Å². The highest BCUT2D eigenvalue weighted by Gasteiger charge is 2.18. The first-order chi connectivity index (χ1) is 8.81. The molecule has 18 heavy (non-hydrogen) atoms. The molecule has 92 valence electrons. The van der Waals surface area contributed by atoms with Gasteiger partial charge in [-0.2, -0.15) is 0 Å². The normalized spacial score (nSPS) is 15.4. The van der Waals surface area contributed by atoms with Gasteiger partial charge in [-0.25, -0.2) is 9.97 Å². The van der Waals surface area contributed by atoms with Gasteiger partial charge in [0.1, 0.15) is 0 Å². The summed E-state index contributed by atoms with van der Waals surface area (Å²) >= 11 is 5.81. The lowest BCUT2D eigenvalue weighted by Crippen LogP contribution is -2.30. The Bertz CT molecular complexity index is 542. The first-order valence-electron chi connectivity index (χ1n) is 6.08. The summed E-state index contributed by atoms with van der Waals surface area (Å²) in [5.41, 5.74) is 3.64. The van der Waals surface area contributed by atoms with Crippen molar-refractivity contribution in [3.05, 3.63) is 58.6 Å². The van der Waals surface area contributed by atoms with E-state index in [0.717, 1.165) is 31.7 Å². The quantitative estimate of drug-likeness (QED) is 0.777. The molecule has 0 N–H and O–H groups in total. The van der Waals surface area contributed by atoms with Gasteiger partial charge in [0.05, 0.1) is 5.69 Å². The second-order valence-electron chi connectivity index (χ2n) is 4.56. The molecule has 1 aliphatic heterocycles. The van der Waals surface area contributed by atoms with Crippen LogP contribution in [-0.2, 0) is 19.5 Å². The zero-order chi connectivity index (χ0) is 12.4. The Labute approximate surface area is 111 Å². The van der Waals surface area contributed by atoms with E-state index in [1.807, 2.05) is 12.3 Å². The molecule has 2 heterocycles. The van der Waals surface area contributed by atoms with Crippen LogP contribution in [0.5, 0.6) is 0 Å². The number of halogens is 1. The highest BCUT2D eigenvalue weighted by molar-refractivity contribution is 6.28. The average Bonchev–Trinajstić information content (AvgIpc) is 2.40. The second-order valence-corrected chi connectivity index (χ2v) is 4.90. The van der Waals surface area contributed by atoms with Crippen LogP contribution in [0.4, 0.5) is 0 Å². The van der Waals surface area contributed by atoms with Crippen molar-refractivity contribution in [1.29, 1.82) is 0 Å². The number of rotatable bonds is 2. The first-order valence-corrected chi connectivity index (χ1v) is 6.45. The fourth-order valence-electron chi connectivity index (χ4n) is 2.33. The van der Waals surface area contributed by atoms with Gasteiger partial charge in [-0.05, 0) is 17.2 Å². The van der Waals surface area contributed by atoms with E-state index < -0.39 is 0 Å². The summed E-state index contributed by atoms with van der Waals surface area (Å²) in [5, 5.41) is 0.352. The van der Waals surface area contributed by atoms with Crippen molar-refractivity contribution in [2.24, 2.45) is 0 Å². The summed E-state index contributed by atoms with van der Waals surface area (Å²) in [6, 6.07) is 10.5. The predicted molar refractivity (Wildman–Crippen MR) is 71.3 cm³/mol. The minimum absolute atomic E-state index is 0.352. The van der Waals surface area contributed by atoms with Crippen LogP contribution in [0, 0.1) is 0 Å². The molecule has 1 aromatic heterocycles. The van der Waals surface area contributed by atoms with Crippen LogP contribution in [0.25, 0.3) is 0 Å². The van der Waals surface area contributed by atoms with E-state index in [2.05, 4.69) is 39.1 Å². The minimum Gasteiger partial charge on any atom is -0.294 e. The predicted octanol–water partition coefficient (Wildman–Crippen LogP) is 2.69. The summed E-state index contributed by atoms with van der Waals surface area (Å²) in [5.74, 6) is 0. The van der Waals surface area contributed by atoms with Crippen molar-refractivity contribution in [3.63, 3.8) is 0 Å². The first kappa shape index (κ1) is 11.6. The molecule has 0 atom stereocenters. The van der Waals surface area contributed by atoms with Crippen LogP contribution in [0.1, 0.15) is 16.8 Å². The fraction of sp³-hybridized carbons (Fsp3) is 0.286. The standard InChI is InChI=1S/C14H14ClN3/c15-14-16-8-12-10-18(7-6-13(12)17-14)9-11-4-2-1-3-5-11/h1-5,8H,6-7,9-10H2. The molecule has 0 bridgehead atoms. The number of hydrogen-bond donors (Lipinski definition) is 0. The smallest absolute Gasteiger partial charge is 0.222 e. The van der Waals surface area contributed by atoms with Gasteiger partial charge in [0.15, 0.2) is 0 Å². The summed E-state index contributed by atoms with van der Waals surface area (Å²) in [4.78, 5) is 10.8. The Morgan fingerprint density at radius 1 is 1.22 bits per heavy atom. The molecule has 0 fully saturated rings. The summed E-state index contributed by atoms with van der Waals surface area (Å²) in [7, 11) is 0. The molecule has 0 unspecified atom stereocenters. The third-order valence-electron chi connectivity index (χ3n) is 3.23. The molecule has 0 aliphatic carbocycles. The van der Waals surface area contributed by atoms with Gasteiger partial charge in [0, 0.05) is 37.8 Å². The number of aromatic nitrogens is 2. The van der Waals surface area contributed by atoms with Crippen molar-refractivity contribution >= 4 is 11.6 Å². The van der Waals surface area contributed by atoms with Gasteiger partial charge in [-0.1, -0.05) is 30.3 Å². The maximum Gasteiger partial charge on any atom is 0.222 e. The number of hydrogen-bond acceptors (Lipinski definition) is 3. The second kappa shape index (κ2) is 5.04. The Balaban J connectivity index is 1.73. The molecule has 0 saturated heterocycles. The molecule has 3 nitrogen and oxygen atoms in total. The van der Waals surface area contributed by atoms with Crippen LogP contribution in [0.3, 0.4) is 0 Å². The maximum atomic E-state index is 5.81. The van der Waals surface area contributed by atoms with Gasteiger partial charge in [-0.3, -0.25) is 4.90 Å². The zero-order valence-corrected chi connectivity index (χ0v) is 10.8. The molecule has 1 aliphatic rings. The van der Waals surface area contributed by atoms with Crippen molar-refractivity contribution < 1.29 is 0 Å². The highest BCUT2D eigenvalue weighted by Crippen LogP contribution is 2.19. The minimum atomic E-state index is 0.352. The third kappa shape index (κ3) is 2.52. The summed E-state index contributed by atoms with van der Waals surface area (Å²) < 4.78 is 0. The molecule has 0 saturated carbocycles. The fourth-order valence-corrected chi connectivity index (χ4v) is 2.48. The van der Waals surface area contributed by atoms with Crippen LogP contribution >= 0.6 is 11.6 Å². The molecular formula is C14H14ClN3. The van der Waals surface area contributed by atoms with Crippen LogP contribution in [-0.4, -0.2) is 21.4 Å². The Kier molecular flexibility index (Phi) is 3.26. The summed E-state index contributed by atoms with van der Waals surface area (Å²) in [6.07, 6.45) is 2.80. The lowest BCUT2D eigenvalue weighted by molar-refractivity contribution is 0.243. The van der Waals surface area contributed by atoms with E-state index in [1.54, 1.807) is 0 Å². The monoisotopic (exact) mass is 259 g/mol. The van der Waals surface area contributed by atoms with Crippen molar-refractivity contribution in [2.75, 3.05) is 6.54 Å². The van der Waals surface area contributed by atoms with E-state index in [1.165, 1.54) is 11.1 Å². The van der Waals surface area contributed by atoms with Gasteiger partial charge in [-0.15, -0.1) is 0 Å². The Hall–Kier alpha value is -1.45. The number of nitrogens with zero attached hydrogens (tertiary/aromatic N) is 3. The molecular weight excluding hydrogens is 246 g/mol. The molecule has 0 radical (unpaired) electrons. The molecule has 0 spiro atoms. The molecule has 0 amide bonds. The van der Waals surface area contributed by atoms with Crippen molar-refractivity contribution in [1.82, 2.24) is 14.9 Å². The van der Waals surface area contributed by atoms with Gasteiger partial charge in [0.25, 0.3) is 0 Å². The van der Waals surface area contributed by atoms with Crippen molar-refractivity contribution in [3.8, 4) is 0 Å². The Morgan fingerprint density at radius 2 is 2.06 bits per heavy atom. The average molecular weight is 260 g/mol. The SMILES string of the molecule is Clc1ncc2c(n1)CCN(Cc1ccccc1)C2. The zero-order valence-electron chi connectivity index (χ0n) is 10.0.